The minimum Gasteiger partial charge on any atom is -0.490 e. The summed E-state index contributed by atoms with van der Waals surface area (Å²) in [7, 11) is 0. The highest BCUT2D eigenvalue weighted by atomic mass is 16.5. The Morgan fingerprint density at radius 2 is 2.11 bits per heavy atom. The smallest absolute Gasteiger partial charge is 0.122 e. The molecule has 3 heteroatoms. The third kappa shape index (κ3) is 4.00. The molecule has 3 nitrogen and oxygen atoms in total. The van der Waals surface area contributed by atoms with E-state index < -0.39 is 5.60 Å². The van der Waals surface area contributed by atoms with Crippen molar-refractivity contribution < 1.29 is 9.84 Å². The van der Waals surface area contributed by atoms with Gasteiger partial charge in [-0.3, -0.25) is 0 Å². The van der Waals surface area contributed by atoms with Crippen molar-refractivity contribution >= 4 is 0 Å². The standard InChI is InChI=1S/C15H23NO2/c1-11-4-5-12(2)14(8-11)18-10-15(3,17)9-16-13-6-7-13/h4-5,8,13,16-17H,6-7,9-10H2,1-3H3. The van der Waals surface area contributed by atoms with E-state index in [-0.39, 0.29) is 0 Å². The van der Waals surface area contributed by atoms with Crippen molar-refractivity contribution in [2.45, 2.75) is 45.3 Å². The molecule has 1 saturated carbocycles. The zero-order valence-corrected chi connectivity index (χ0v) is 11.5. The van der Waals surface area contributed by atoms with Crippen LogP contribution in [0.3, 0.4) is 0 Å². The van der Waals surface area contributed by atoms with Crippen LogP contribution >= 0.6 is 0 Å². The fraction of sp³-hybridized carbons (Fsp3) is 0.600. The van der Waals surface area contributed by atoms with E-state index >= 15 is 0 Å². The Labute approximate surface area is 109 Å². The van der Waals surface area contributed by atoms with Crippen molar-refractivity contribution in [2.24, 2.45) is 0 Å². The monoisotopic (exact) mass is 249 g/mol. The highest BCUT2D eigenvalue weighted by Crippen LogP contribution is 2.22. The number of aryl methyl sites for hydroxylation is 2. The van der Waals surface area contributed by atoms with Gasteiger partial charge in [0, 0.05) is 12.6 Å². The average molecular weight is 249 g/mol. The molecule has 0 aromatic heterocycles. The fourth-order valence-corrected chi connectivity index (χ4v) is 1.80. The number of benzene rings is 1. The van der Waals surface area contributed by atoms with E-state index in [4.69, 9.17) is 4.74 Å². The lowest BCUT2D eigenvalue weighted by Gasteiger charge is -2.24. The molecular weight excluding hydrogens is 226 g/mol. The van der Waals surface area contributed by atoms with Crippen LogP contribution < -0.4 is 10.1 Å². The summed E-state index contributed by atoms with van der Waals surface area (Å²) in [6.07, 6.45) is 2.46. The molecule has 1 aromatic rings. The van der Waals surface area contributed by atoms with Crippen LogP contribution in [0.25, 0.3) is 0 Å². The van der Waals surface area contributed by atoms with Crippen molar-refractivity contribution in [3.63, 3.8) is 0 Å². The highest BCUT2D eigenvalue weighted by Gasteiger charge is 2.27. The zero-order chi connectivity index (χ0) is 13.2. The van der Waals surface area contributed by atoms with E-state index in [0.717, 1.165) is 11.3 Å². The van der Waals surface area contributed by atoms with Crippen molar-refractivity contribution in [1.29, 1.82) is 0 Å². The Hall–Kier alpha value is -1.06. The lowest BCUT2D eigenvalue weighted by Crippen LogP contribution is -2.43. The van der Waals surface area contributed by atoms with Crippen LogP contribution in [0.5, 0.6) is 5.75 Å². The van der Waals surface area contributed by atoms with E-state index in [9.17, 15) is 5.11 Å². The third-order valence-electron chi connectivity index (χ3n) is 3.23. The fourth-order valence-electron chi connectivity index (χ4n) is 1.80. The molecule has 0 bridgehead atoms. The van der Waals surface area contributed by atoms with Crippen LogP contribution in [0.1, 0.15) is 30.9 Å². The van der Waals surface area contributed by atoms with E-state index in [1.54, 1.807) is 0 Å². The van der Waals surface area contributed by atoms with Crippen LogP contribution in [0.4, 0.5) is 0 Å². The van der Waals surface area contributed by atoms with Gasteiger partial charge in [-0.25, -0.2) is 0 Å². The van der Waals surface area contributed by atoms with Gasteiger partial charge in [0.05, 0.1) is 0 Å². The largest absolute Gasteiger partial charge is 0.490 e. The summed E-state index contributed by atoms with van der Waals surface area (Å²) < 4.78 is 5.75. The Morgan fingerprint density at radius 1 is 1.39 bits per heavy atom. The quantitative estimate of drug-likeness (QED) is 0.812. The maximum atomic E-state index is 10.2. The Morgan fingerprint density at radius 3 is 2.78 bits per heavy atom. The van der Waals surface area contributed by atoms with Crippen molar-refractivity contribution in [1.82, 2.24) is 5.32 Å². The molecule has 1 aliphatic carbocycles. The summed E-state index contributed by atoms with van der Waals surface area (Å²) in [5.74, 6) is 0.863. The first-order valence-electron chi connectivity index (χ1n) is 6.62. The number of rotatable bonds is 6. The second-order valence-corrected chi connectivity index (χ2v) is 5.71. The molecule has 2 rings (SSSR count). The maximum absolute atomic E-state index is 10.2. The highest BCUT2D eigenvalue weighted by molar-refractivity contribution is 5.36. The van der Waals surface area contributed by atoms with Gasteiger partial charge in [-0.05, 0) is 50.8 Å². The van der Waals surface area contributed by atoms with Gasteiger partial charge in [0.15, 0.2) is 0 Å². The minimum atomic E-state index is -0.821. The Bertz CT molecular complexity index is 411. The summed E-state index contributed by atoms with van der Waals surface area (Å²) >= 11 is 0. The molecule has 0 heterocycles. The molecule has 100 valence electrons. The first-order chi connectivity index (χ1) is 8.46. The van der Waals surface area contributed by atoms with Crippen molar-refractivity contribution in [3.8, 4) is 5.75 Å². The first kappa shape index (κ1) is 13.4. The molecular formula is C15H23NO2. The van der Waals surface area contributed by atoms with Crippen LogP contribution in [0.15, 0.2) is 18.2 Å². The van der Waals surface area contributed by atoms with Gasteiger partial charge in [-0.2, -0.15) is 0 Å². The number of hydrogen-bond acceptors (Lipinski definition) is 3. The first-order valence-corrected chi connectivity index (χ1v) is 6.62. The van der Waals surface area contributed by atoms with Gasteiger partial charge >= 0.3 is 0 Å². The van der Waals surface area contributed by atoms with Gasteiger partial charge < -0.3 is 15.2 Å². The predicted octanol–water partition coefficient (Wildman–Crippen LogP) is 2.19. The molecule has 0 spiro atoms. The van der Waals surface area contributed by atoms with Crippen LogP contribution in [0, 0.1) is 13.8 Å². The van der Waals surface area contributed by atoms with Crippen molar-refractivity contribution in [3.05, 3.63) is 29.3 Å². The zero-order valence-electron chi connectivity index (χ0n) is 11.5. The molecule has 1 fully saturated rings. The number of aliphatic hydroxyl groups is 1. The number of ether oxygens (including phenoxy) is 1. The molecule has 0 aliphatic heterocycles. The lowest BCUT2D eigenvalue weighted by atomic mass is 10.1. The van der Waals surface area contributed by atoms with Crippen LogP contribution in [-0.2, 0) is 0 Å². The molecule has 1 aliphatic rings. The van der Waals surface area contributed by atoms with Crippen LogP contribution in [0.2, 0.25) is 0 Å². The maximum Gasteiger partial charge on any atom is 0.122 e. The summed E-state index contributed by atoms with van der Waals surface area (Å²) in [6.45, 7) is 6.78. The summed E-state index contributed by atoms with van der Waals surface area (Å²) in [5.41, 5.74) is 1.46. The summed E-state index contributed by atoms with van der Waals surface area (Å²) in [5, 5.41) is 13.6. The van der Waals surface area contributed by atoms with E-state index in [1.807, 2.05) is 32.9 Å². The van der Waals surface area contributed by atoms with E-state index in [0.29, 0.717) is 19.2 Å². The molecule has 0 amide bonds. The molecule has 18 heavy (non-hydrogen) atoms. The molecule has 1 aromatic carbocycles. The molecule has 0 saturated heterocycles. The topological polar surface area (TPSA) is 41.5 Å². The number of nitrogens with one attached hydrogen (secondary N) is 1. The van der Waals surface area contributed by atoms with Crippen molar-refractivity contribution in [2.75, 3.05) is 13.2 Å². The van der Waals surface area contributed by atoms with Gasteiger partial charge in [0.25, 0.3) is 0 Å². The number of hydrogen-bond donors (Lipinski definition) is 2. The second-order valence-electron chi connectivity index (χ2n) is 5.71. The molecule has 1 atom stereocenters. The van der Waals surface area contributed by atoms with Gasteiger partial charge in [0.1, 0.15) is 18.0 Å². The summed E-state index contributed by atoms with van der Waals surface area (Å²) in [6, 6.07) is 6.73. The average Bonchev–Trinajstić information content (AvgIpc) is 3.12. The second kappa shape index (κ2) is 5.29. The minimum absolute atomic E-state index is 0.316. The van der Waals surface area contributed by atoms with Gasteiger partial charge in [0.2, 0.25) is 0 Å². The van der Waals surface area contributed by atoms with Gasteiger partial charge in [-0.15, -0.1) is 0 Å². The predicted molar refractivity (Wildman–Crippen MR) is 73.1 cm³/mol. The summed E-state index contributed by atoms with van der Waals surface area (Å²) in [4.78, 5) is 0. The normalized spacial score (nSPS) is 18.4. The third-order valence-corrected chi connectivity index (χ3v) is 3.23. The Balaban J connectivity index is 1.86. The molecule has 0 radical (unpaired) electrons. The van der Waals surface area contributed by atoms with Crippen LogP contribution in [-0.4, -0.2) is 29.9 Å². The Kier molecular flexibility index (Phi) is 3.93. The molecule has 1 unspecified atom stereocenters. The van der Waals surface area contributed by atoms with E-state index in [1.165, 1.54) is 18.4 Å². The van der Waals surface area contributed by atoms with E-state index in [2.05, 4.69) is 11.4 Å². The van der Waals surface area contributed by atoms with Gasteiger partial charge in [-0.1, -0.05) is 12.1 Å². The lowest BCUT2D eigenvalue weighted by molar-refractivity contribution is 0.0118. The SMILES string of the molecule is Cc1ccc(C)c(OCC(C)(O)CNC2CC2)c1. The molecule has 2 N–H and O–H groups in total.